The summed E-state index contributed by atoms with van der Waals surface area (Å²) in [5.41, 5.74) is 10.5. The standard InChI is InChI=1S/C32H28FN5O3/c1-18-7-11-25-20(15-18)13-14-38-31(36-25)28(30(34)39)29(37-38)21-8-9-22(24(33)16-21)17-35-32(40)27-23-6-4-3-5-19(23)10-12-26(27)41-2/h3-12,15-16,36H,13-14,17H2,1-2H3,(H2,34,39)(H,35,40). The molecule has 1 aliphatic rings. The minimum atomic E-state index is -0.662. The van der Waals surface area contributed by atoms with Crippen LogP contribution in [-0.4, -0.2) is 28.7 Å². The lowest BCUT2D eigenvalue weighted by molar-refractivity contribution is 0.0948. The summed E-state index contributed by atoms with van der Waals surface area (Å²) in [6, 6.07) is 21.7. The van der Waals surface area contributed by atoms with Gasteiger partial charge in [-0.1, -0.05) is 60.2 Å². The Bertz CT molecular complexity index is 1850. The highest BCUT2D eigenvalue weighted by atomic mass is 19.1. The van der Waals surface area contributed by atoms with Gasteiger partial charge in [0.2, 0.25) is 0 Å². The van der Waals surface area contributed by atoms with Crippen molar-refractivity contribution in [2.75, 3.05) is 12.4 Å². The second kappa shape index (κ2) is 10.4. The lowest BCUT2D eigenvalue weighted by Gasteiger charge is -2.13. The number of methoxy groups -OCH3 is 1. The first-order chi connectivity index (χ1) is 19.8. The van der Waals surface area contributed by atoms with Crippen molar-refractivity contribution in [3.63, 3.8) is 0 Å². The number of aryl methyl sites for hydroxylation is 3. The number of amides is 2. The van der Waals surface area contributed by atoms with E-state index in [-0.39, 0.29) is 23.6 Å². The van der Waals surface area contributed by atoms with Gasteiger partial charge in [0.25, 0.3) is 11.8 Å². The molecule has 5 aromatic rings. The molecule has 41 heavy (non-hydrogen) atoms. The number of rotatable bonds is 6. The summed E-state index contributed by atoms with van der Waals surface area (Å²) >= 11 is 0. The van der Waals surface area contributed by atoms with Crippen molar-refractivity contribution >= 4 is 34.1 Å². The van der Waals surface area contributed by atoms with Crippen LogP contribution in [0.15, 0.2) is 72.8 Å². The molecule has 6 rings (SSSR count). The van der Waals surface area contributed by atoms with E-state index >= 15 is 4.39 Å². The lowest BCUT2D eigenvalue weighted by Crippen LogP contribution is -2.24. The maximum atomic E-state index is 15.4. The van der Waals surface area contributed by atoms with Crippen LogP contribution >= 0.6 is 0 Å². The van der Waals surface area contributed by atoms with Crippen LogP contribution in [0.5, 0.6) is 5.75 Å². The van der Waals surface area contributed by atoms with Crippen LogP contribution in [-0.2, 0) is 19.5 Å². The summed E-state index contributed by atoms with van der Waals surface area (Å²) in [6.45, 7) is 2.52. The Labute approximate surface area is 235 Å². The van der Waals surface area contributed by atoms with E-state index in [9.17, 15) is 9.59 Å². The van der Waals surface area contributed by atoms with E-state index in [1.54, 1.807) is 22.9 Å². The number of benzene rings is 4. The molecule has 1 aromatic heterocycles. The van der Waals surface area contributed by atoms with Gasteiger partial charge >= 0.3 is 0 Å². The number of fused-ring (bicyclic) bond motifs is 3. The van der Waals surface area contributed by atoms with Crippen molar-refractivity contribution < 1.29 is 18.7 Å². The molecule has 9 heteroatoms. The van der Waals surface area contributed by atoms with Gasteiger partial charge in [0.15, 0.2) is 0 Å². The van der Waals surface area contributed by atoms with Crippen LogP contribution in [0.25, 0.3) is 22.0 Å². The normalized spacial score (nSPS) is 12.2. The molecule has 0 radical (unpaired) electrons. The van der Waals surface area contributed by atoms with Crippen molar-refractivity contribution in [3.05, 3.63) is 106 Å². The smallest absolute Gasteiger partial charge is 0.255 e. The average molecular weight is 550 g/mol. The zero-order valence-electron chi connectivity index (χ0n) is 22.6. The van der Waals surface area contributed by atoms with Gasteiger partial charge < -0.3 is 21.1 Å². The summed E-state index contributed by atoms with van der Waals surface area (Å²) < 4.78 is 22.5. The summed E-state index contributed by atoms with van der Waals surface area (Å²) in [7, 11) is 1.50. The van der Waals surface area contributed by atoms with Crippen LogP contribution in [0.4, 0.5) is 15.9 Å². The van der Waals surface area contributed by atoms with Crippen LogP contribution in [0.2, 0.25) is 0 Å². The average Bonchev–Trinajstić information content (AvgIpc) is 3.24. The van der Waals surface area contributed by atoms with Gasteiger partial charge in [-0.3, -0.25) is 9.59 Å². The van der Waals surface area contributed by atoms with Crippen molar-refractivity contribution in [1.82, 2.24) is 15.1 Å². The molecule has 0 saturated heterocycles. The molecule has 0 bridgehead atoms. The molecule has 0 unspecified atom stereocenters. The van der Waals surface area contributed by atoms with Gasteiger partial charge in [-0.15, -0.1) is 0 Å². The quantitative estimate of drug-likeness (QED) is 0.260. The fourth-order valence-electron chi connectivity index (χ4n) is 5.35. The molecule has 4 N–H and O–H groups in total. The SMILES string of the molecule is COc1ccc2ccccc2c1C(=O)NCc1ccc(-c2nn3c(c2C(N)=O)Nc2ccc(C)cc2CC3)cc1F. The van der Waals surface area contributed by atoms with Crippen LogP contribution in [0.1, 0.15) is 37.4 Å². The largest absolute Gasteiger partial charge is 0.496 e. The number of carbonyl (C=O) groups is 2. The summed E-state index contributed by atoms with van der Waals surface area (Å²) in [5.74, 6) is -0.666. The highest BCUT2D eigenvalue weighted by molar-refractivity contribution is 6.09. The Morgan fingerprint density at radius 3 is 2.68 bits per heavy atom. The van der Waals surface area contributed by atoms with Crippen molar-refractivity contribution in [3.8, 4) is 17.0 Å². The van der Waals surface area contributed by atoms with E-state index in [0.717, 1.165) is 27.6 Å². The third-order valence-electron chi connectivity index (χ3n) is 7.41. The Balaban J connectivity index is 1.28. The number of nitrogens with zero attached hydrogens (tertiary/aromatic N) is 2. The molecule has 2 amide bonds. The first-order valence-corrected chi connectivity index (χ1v) is 13.2. The first kappa shape index (κ1) is 26.1. The molecule has 0 fully saturated rings. The number of anilines is 2. The highest BCUT2D eigenvalue weighted by Crippen LogP contribution is 2.35. The van der Waals surface area contributed by atoms with E-state index in [1.165, 1.54) is 13.2 Å². The minimum absolute atomic E-state index is 0.0442. The monoisotopic (exact) mass is 549 g/mol. The third-order valence-corrected chi connectivity index (χ3v) is 7.41. The van der Waals surface area contributed by atoms with E-state index in [2.05, 4.69) is 21.8 Å². The molecule has 1 aliphatic heterocycles. The molecular formula is C32H28FN5O3. The zero-order valence-corrected chi connectivity index (χ0v) is 22.6. The van der Waals surface area contributed by atoms with Gasteiger partial charge in [0, 0.05) is 29.9 Å². The number of ether oxygens (including phenoxy) is 1. The molecule has 0 saturated carbocycles. The van der Waals surface area contributed by atoms with E-state index in [4.69, 9.17) is 10.5 Å². The number of nitrogens with two attached hydrogens (primary N) is 1. The van der Waals surface area contributed by atoms with Gasteiger partial charge in [0.1, 0.15) is 28.6 Å². The van der Waals surface area contributed by atoms with Crippen LogP contribution < -0.4 is 21.1 Å². The Morgan fingerprint density at radius 1 is 1.07 bits per heavy atom. The number of carbonyl (C=O) groups excluding carboxylic acids is 2. The van der Waals surface area contributed by atoms with E-state index in [1.807, 2.05) is 49.4 Å². The van der Waals surface area contributed by atoms with Gasteiger partial charge in [-0.05, 0) is 47.9 Å². The fourth-order valence-corrected chi connectivity index (χ4v) is 5.35. The number of hydrogen-bond acceptors (Lipinski definition) is 5. The maximum Gasteiger partial charge on any atom is 0.255 e. The van der Waals surface area contributed by atoms with Crippen LogP contribution in [0, 0.1) is 12.7 Å². The Morgan fingerprint density at radius 2 is 1.90 bits per heavy atom. The van der Waals surface area contributed by atoms with Gasteiger partial charge in [-0.2, -0.15) is 5.10 Å². The summed E-state index contributed by atoms with van der Waals surface area (Å²) in [6.07, 6.45) is 0.713. The Hall–Kier alpha value is -5.18. The molecule has 206 valence electrons. The second-order valence-corrected chi connectivity index (χ2v) is 10.0. The molecule has 0 aliphatic carbocycles. The van der Waals surface area contributed by atoms with Crippen LogP contribution in [0.3, 0.4) is 0 Å². The molecule has 0 spiro atoms. The molecular weight excluding hydrogens is 521 g/mol. The first-order valence-electron chi connectivity index (χ1n) is 13.2. The minimum Gasteiger partial charge on any atom is -0.496 e. The number of halogens is 1. The third kappa shape index (κ3) is 4.75. The topological polar surface area (TPSA) is 111 Å². The number of aromatic nitrogens is 2. The molecule has 2 heterocycles. The van der Waals surface area contributed by atoms with E-state index < -0.39 is 11.7 Å². The predicted molar refractivity (Wildman–Crippen MR) is 156 cm³/mol. The summed E-state index contributed by atoms with van der Waals surface area (Å²) in [4.78, 5) is 25.8. The number of primary amides is 1. The van der Waals surface area contributed by atoms with Crippen molar-refractivity contribution in [2.45, 2.75) is 26.4 Å². The highest BCUT2D eigenvalue weighted by Gasteiger charge is 2.26. The second-order valence-electron chi connectivity index (χ2n) is 10.0. The predicted octanol–water partition coefficient (Wildman–Crippen LogP) is 5.49. The lowest BCUT2D eigenvalue weighted by atomic mass is 10.0. The maximum absolute atomic E-state index is 15.4. The number of hydrogen-bond donors (Lipinski definition) is 3. The number of nitrogens with one attached hydrogen (secondary N) is 2. The molecule has 0 atom stereocenters. The fraction of sp³-hybridized carbons (Fsp3) is 0.156. The van der Waals surface area contributed by atoms with E-state index in [0.29, 0.717) is 41.4 Å². The van der Waals surface area contributed by atoms with Crippen molar-refractivity contribution in [2.24, 2.45) is 5.73 Å². The molecule has 8 nitrogen and oxygen atoms in total. The van der Waals surface area contributed by atoms with Gasteiger partial charge in [0.05, 0.1) is 12.7 Å². The summed E-state index contributed by atoms with van der Waals surface area (Å²) in [5, 5.41) is 12.4. The molecule has 4 aromatic carbocycles. The zero-order chi connectivity index (χ0) is 28.7. The Kier molecular flexibility index (Phi) is 6.62. The van der Waals surface area contributed by atoms with Crippen molar-refractivity contribution in [1.29, 1.82) is 0 Å². The van der Waals surface area contributed by atoms with Gasteiger partial charge in [-0.25, -0.2) is 9.07 Å².